The third-order valence-corrected chi connectivity index (χ3v) is 2.62. The van der Waals surface area contributed by atoms with Gasteiger partial charge >= 0.3 is 0 Å². The number of ether oxygens (including phenoxy) is 1. The molecule has 0 saturated carbocycles. The highest BCUT2D eigenvalue weighted by Crippen LogP contribution is 2.35. The second-order valence-corrected chi connectivity index (χ2v) is 3.44. The predicted molar refractivity (Wildman–Crippen MR) is 52.7 cm³/mol. The minimum absolute atomic E-state index is 0.157. The van der Waals surface area contributed by atoms with Crippen LogP contribution in [0.25, 0.3) is 0 Å². The SMILES string of the molecule is COc1cc2c(cc1N)CC[C@H]2N. The zero-order valence-corrected chi connectivity index (χ0v) is 7.71. The van der Waals surface area contributed by atoms with Gasteiger partial charge in [-0.3, -0.25) is 0 Å². The van der Waals surface area contributed by atoms with Crippen molar-refractivity contribution in [3.05, 3.63) is 23.3 Å². The van der Waals surface area contributed by atoms with Crippen LogP contribution in [-0.4, -0.2) is 7.11 Å². The fraction of sp³-hybridized carbons (Fsp3) is 0.400. The Kier molecular flexibility index (Phi) is 1.88. The molecule has 0 heterocycles. The summed E-state index contributed by atoms with van der Waals surface area (Å²) in [4.78, 5) is 0. The van der Waals surface area contributed by atoms with Crippen molar-refractivity contribution < 1.29 is 4.74 Å². The topological polar surface area (TPSA) is 61.3 Å². The molecule has 1 aromatic rings. The van der Waals surface area contributed by atoms with Crippen LogP contribution in [0, 0.1) is 0 Å². The van der Waals surface area contributed by atoms with Crippen LogP contribution in [0.4, 0.5) is 5.69 Å². The van der Waals surface area contributed by atoms with E-state index in [4.69, 9.17) is 16.2 Å². The molecule has 0 bridgehead atoms. The van der Waals surface area contributed by atoms with E-state index < -0.39 is 0 Å². The summed E-state index contributed by atoms with van der Waals surface area (Å²) in [5.74, 6) is 0.733. The Labute approximate surface area is 77.7 Å². The highest BCUT2D eigenvalue weighted by molar-refractivity contribution is 5.58. The summed E-state index contributed by atoms with van der Waals surface area (Å²) in [5, 5.41) is 0. The largest absolute Gasteiger partial charge is 0.495 e. The Morgan fingerprint density at radius 2 is 2.23 bits per heavy atom. The van der Waals surface area contributed by atoms with Crippen LogP contribution < -0.4 is 16.2 Å². The van der Waals surface area contributed by atoms with Gasteiger partial charge in [0.2, 0.25) is 0 Å². The number of anilines is 1. The Hall–Kier alpha value is -1.22. The molecule has 0 spiro atoms. The van der Waals surface area contributed by atoms with Gasteiger partial charge in [-0.05, 0) is 36.1 Å². The lowest BCUT2D eigenvalue weighted by Crippen LogP contribution is -2.05. The molecular weight excluding hydrogens is 164 g/mol. The van der Waals surface area contributed by atoms with Crippen molar-refractivity contribution in [2.75, 3.05) is 12.8 Å². The number of aryl methyl sites for hydroxylation is 1. The first-order chi connectivity index (χ1) is 6.22. The molecule has 4 N–H and O–H groups in total. The minimum atomic E-state index is 0.157. The monoisotopic (exact) mass is 178 g/mol. The molecule has 1 aliphatic carbocycles. The summed E-state index contributed by atoms with van der Waals surface area (Å²) < 4.78 is 5.14. The molecule has 0 amide bonds. The molecule has 1 atom stereocenters. The molecule has 0 unspecified atom stereocenters. The van der Waals surface area contributed by atoms with Crippen LogP contribution in [-0.2, 0) is 6.42 Å². The van der Waals surface area contributed by atoms with Crippen LogP contribution in [0.1, 0.15) is 23.6 Å². The van der Waals surface area contributed by atoms with Gasteiger partial charge in [-0.15, -0.1) is 0 Å². The molecule has 0 radical (unpaired) electrons. The van der Waals surface area contributed by atoms with Crippen LogP contribution in [0.5, 0.6) is 5.75 Å². The molecule has 0 fully saturated rings. The molecule has 0 aromatic heterocycles. The van der Waals surface area contributed by atoms with Gasteiger partial charge in [-0.2, -0.15) is 0 Å². The van der Waals surface area contributed by atoms with Crippen molar-refractivity contribution in [1.29, 1.82) is 0 Å². The van der Waals surface area contributed by atoms with Crippen LogP contribution >= 0.6 is 0 Å². The smallest absolute Gasteiger partial charge is 0.142 e. The highest BCUT2D eigenvalue weighted by atomic mass is 16.5. The lowest BCUT2D eigenvalue weighted by molar-refractivity contribution is 0.416. The van der Waals surface area contributed by atoms with E-state index in [1.807, 2.05) is 12.1 Å². The molecule has 0 saturated heterocycles. The van der Waals surface area contributed by atoms with Gasteiger partial charge in [0.15, 0.2) is 0 Å². The van der Waals surface area contributed by atoms with Gasteiger partial charge in [0.25, 0.3) is 0 Å². The van der Waals surface area contributed by atoms with E-state index in [0.717, 1.165) is 18.6 Å². The summed E-state index contributed by atoms with van der Waals surface area (Å²) >= 11 is 0. The molecule has 3 nitrogen and oxygen atoms in total. The molecule has 1 aliphatic rings. The van der Waals surface area contributed by atoms with E-state index in [2.05, 4.69) is 0 Å². The van der Waals surface area contributed by atoms with Crippen molar-refractivity contribution in [3.8, 4) is 5.75 Å². The first kappa shape index (κ1) is 8.38. The fourth-order valence-electron chi connectivity index (χ4n) is 1.86. The third kappa shape index (κ3) is 1.25. The van der Waals surface area contributed by atoms with E-state index in [0.29, 0.717) is 5.69 Å². The minimum Gasteiger partial charge on any atom is -0.495 e. The second kappa shape index (κ2) is 2.92. The van der Waals surface area contributed by atoms with Crippen LogP contribution in [0.15, 0.2) is 12.1 Å². The summed E-state index contributed by atoms with van der Waals surface area (Å²) in [7, 11) is 1.62. The third-order valence-electron chi connectivity index (χ3n) is 2.62. The van der Waals surface area contributed by atoms with E-state index in [1.165, 1.54) is 11.1 Å². The maximum absolute atomic E-state index is 5.92. The number of rotatable bonds is 1. The molecule has 3 heteroatoms. The quantitative estimate of drug-likeness (QED) is 0.636. The highest BCUT2D eigenvalue weighted by Gasteiger charge is 2.20. The molecule has 70 valence electrons. The maximum Gasteiger partial charge on any atom is 0.142 e. The lowest BCUT2D eigenvalue weighted by atomic mass is 10.1. The Balaban J connectivity index is 2.51. The van der Waals surface area contributed by atoms with Gasteiger partial charge in [0.05, 0.1) is 12.8 Å². The Morgan fingerprint density at radius 3 is 2.92 bits per heavy atom. The van der Waals surface area contributed by atoms with Crippen molar-refractivity contribution in [2.24, 2.45) is 5.73 Å². The summed E-state index contributed by atoms with van der Waals surface area (Å²) in [6.07, 6.45) is 2.05. The Bertz CT molecular complexity index is 336. The molecule has 2 rings (SSSR count). The van der Waals surface area contributed by atoms with Crippen molar-refractivity contribution >= 4 is 5.69 Å². The number of benzene rings is 1. The van der Waals surface area contributed by atoms with Gasteiger partial charge < -0.3 is 16.2 Å². The van der Waals surface area contributed by atoms with Crippen molar-refractivity contribution in [3.63, 3.8) is 0 Å². The summed E-state index contributed by atoms with van der Waals surface area (Å²) in [5.41, 5.74) is 14.9. The summed E-state index contributed by atoms with van der Waals surface area (Å²) in [6, 6.07) is 4.09. The zero-order chi connectivity index (χ0) is 9.42. The molecular formula is C10H14N2O. The number of fused-ring (bicyclic) bond motifs is 1. The Morgan fingerprint density at radius 1 is 1.46 bits per heavy atom. The van der Waals surface area contributed by atoms with E-state index in [9.17, 15) is 0 Å². The lowest BCUT2D eigenvalue weighted by Gasteiger charge is -2.09. The molecule has 0 aliphatic heterocycles. The first-order valence-electron chi connectivity index (χ1n) is 4.44. The number of nitrogen functional groups attached to an aromatic ring is 1. The number of hydrogen-bond acceptors (Lipinski definition) is 3. The molecule has 13 heavy (non-hydrogen) atoms. The van der Waals surface area contributed by atoms with Gasteiger partial charge in [0.1, 0.15) is 5.75 Å². The van der Waals surface area contributed by atoms with Crippen molar-refractivity contribution in [2.45, 2.75) is 18.9 Å². The van der Waals surface area contributed by atoms with Crippen molar-refractivity contribution in [1.82, 2.24) is 0 Å². The number of hydrogen-bond donors (Lipinski definition) is 2. The zero-order valence-electron chi connectivity index (χ0n) is 7.71. The molecule has 1 aromatic carbocycles. The average Bonchev–Trinajstić information content (AvgIpc) is 2.46. The van der Waals surface area contributed by atoms with E-state index in [-0.39, 0.29) is 6.04 Å². The summed E-state index contributed by atoms with van der Waals surface area (Å²) in [6.45, 7) is 0. The van der Waals surface area contributed by atoms with E-state index in [1.54, 1.807) is 7.11 Å². The average molecular weight is 178 g/mol. The van der Waals surface area contributed by atoms with E-state index >= 15 is 0 Å². The van der Waals surface area contributed by atoms with Gasteiger partial charge in [0, 0.05) is 6.04 Å². The second-order valence-electron chi connectivity index (χ2n) is 3.44. The fourth-order valence-corrected chi connectivity index (χ4v) is 1.86. The number of methoxy groups -OCH3 is 1. The number of nitrogens with two attached hydrogens (primary N) is 2. The van der Waals surface area contributed by atoms with Crippen LogP contribution in [0.3, 0.4) is 0 Å². The predicted octanol–water partition coefficient (Wildman–Crippen LogP) is 1.22. The van der Waals surface area contributed by atoms with Crippen LogP contribution in [0.2, 0.25) is 0 Å². The van der Waals surface area contributed by atoms with Gasteiger partial charge in [-0.25, -0.2) is 0 Å². The normalized spacial score (nSPS) is 20.0. The van der Waals surface area contributed by atoms with Gasteiger partial charge in [-0.1, -0.05) is 0 Å². The first-order valence-corrected chi connectivity index (χ1v) is 4.44. The standard InChI is InChI=1S/C10H14N2O/c1-13-10-5-7-6(4-9(10)12)2-3-8(7)11/h4-5,8H,2-3,11-12H2,1H3/t8-/m1/s1. The maximum atomic E-state index is 5.92.